The fourth-order valence-electron chi connectivity index (χ4n) is 2.13. The van der Waals surface area contributed by atoms with E-state index in [1.54, 1.807) is 0 Å². The third-order valence-electron chi connectivity index (χ3n) is 3.19. The van der Waals surface area contributed by atoms with E-state index in [-0.39, 0.29) is 6.04 Å². The zero-order valence-electron chi connectivity index (χ0n) is 11.1. The van der Waals surface area contributed by atoms with Crippen LogP contribution >= 0.6 is 31.9 Å². The molecule has 0 spiro atoms. The molecule has 0 amide bonds. The van der Waals surface area contributed by atoms with E-state index >= 15 is 0 Å². The van der Waals surface area contributed by atoms with E-state index in [9.17, 15) is 0 Å². The molecule has 0 aliphatic rings. The second-order valence-electron chi connectivity index (χ2n) is 4.54. The van der Waals surface area contributed by atoms with Gasteiger partial charge in [-0.15, -0.1) is 0 Å². The van der Waals surface area contributed by atoms with Crippen LogP contribution in [0, 0.1) is 0 Å². The molecule has 0 heterocycles. The molecule has 2 rings (SSSR count). The molecule has 0 aliphatic carbocycles. The number of hydrogen-bond donors (Lipinski definition) is 1. The van der Waals surface area contributed by atoms with Gasteiger partial charge in [0.15, 0.2) is 0 Å². The average Bonchev–Trinajstić information content (AvgIpc) is 2.41. The number of aryl methyl sites for hydroxylation is 1. The summed E-state index contributed by atoms with van der Waals surface area (Å²) in [6, 6.07) is 15.0. The normalized spacial score (nSPS) is 12.2. The molecule has 0 aliphatic heterocycles. The minimum Gasteiger partial charge on any atom is -0.378 e. The smallest absolute Gasteiger partial charge is 0.0496 e. The highest BCUT2D eigenvalue weighted by Crippen LogP contribution is 2.29. The molecule has 100 valence electrons. The Hall–Kier alpha value is -0.800. The van der Waals surface area contributed by atoms with Gasteiger partial charge in [0.1, 0.15) is 0 Å². The number of halogens is 2. The summed E-state index contributed by atoms with van der Waals surface area (Å²) in [6.07, 6.45) is 1.02. The number of hydrogen-bond acceptors (Lipinski definition) is 1. The summed E-state index contributed by atoms with van der Waals surface area (Å²) in [5, 5.41) is 3.59. The summed E-state index contributed by atoms with van der Waals surface area (Å²) in [4.78, 5) is 0. The molecule has 1 N–H and O–H groups in total. The molecule has 0 bridgehead atoms. The Bertz CT molecular complexity index is 566. The van der Waals surface area contributed by atoms with Crippen molar-refractivity contribution in [1.82, 2.24) is 0 Å². The summed E-state index contributed by atoms with van der Waals surface area (Å²) in [5.41, 5.74) is 3.80. The zero-order valence-corrected chi connectivity index (χ0v) is 14.3. The van der Waals surface area contributed by atoms with Gasteiger partial charge in [0.25, 0.3) is 0 Å². The van der Waals surface area contributed by atoms with Crippen molar-refractivity contribution >= 4 is 37.5 Å². The van der Waals surface area contributed by atoms with Crippen LogP contribution in [0.25, 0.3) is 0 Å². The summed E-state index contributed by atoms with van der Waals surface area (Å²) in [6.45, 7) is 4.36. The molecule has 2 aromatic rings. The Morgan fingerprint density at radius 3 is 2.53 bits per heavy atom. The maximum absolute atomic E-state index is 3.61. The molecule has 3 heteroatoms. The van der Waals surface area contributed by atoms with E-state index in [0.29, 0.717) is 0 Å². The quantitative estimate of drug-likeness (QED) is 0.689. The topological polar surface area (TPSA) is 12.0 Å². The molecular weight excluding hydrogens is 366 g/mol. The largest absolute Gasteiger partial charge is 0.378 e. The predicted octanol–water partition coefficient (Wildman–Crippen LogP) is 5.95. The van der Waals surface area contributed by atoms with Gasteiger partial charge in [-0.1, -0.05) is 57.0 Å². The van der Waals surface area contributed by atoms with Gasteiger partial charge in [-0.25, -0.2) is 0 Å². The Balaban J connectivity index is 2.24. The third-order valence-corrected chi connectivity index (χ3v) is 4.41. The SMILES string of the molecule is CCc1cc(Br)ccc1NC(C)c1ccccc1Br. The third kappa shape index (κ3) is 3.61. The lowest BCUT2D eigenvalue weighted by atomic mass is 10.1. The lowest BCUT2D eigenvalue weighted by Gasteiger charge is -2.19. The summed E-state index contributed by atoms with van der Waals surface area (Å²) >= 11 is 7.13. The first-order valence-corrected chi connectivity index (χ1v) is 7.99. The average molecular weight is 383 g/mol. The maximum atomic E-state index is 3.61. The van der Waals surface area contributed by atoms with Gasteiger partial charge >= 0.3 is 0 Å². The Morgan fingerprint density at radius 1 is 1.11 bits per heavy atom. The first-order chi connectivity index (χ1) is 9.11. The van der Waals surface area contributed by atoms with Crippen molar-refractivity contribution in [3.63, 3.8) is 0 Å². The van der Waals surface area contributed by atoms with Gasteiger partial charge in [-0.3, -0.25) is 0 Å². The van der Waals surface area contributed by atoms with Crippen LogP contribution < -0.4 is 5.32 Å². The van der Waals surface area contributed by atoms with Crippen molar-refractivity contribution < 1.29 is 0 Å². The molecule has 0 saturated heterocycles. The molecule has 19 heavy (non-hydrogen) atoms. The van der Waals surface area contributed by atoms with Gasteiger partial charge < -0.3 is 5.32 Å². The number of rotatable bonds is 4. The first kappa shape index (κ1) is 14.6. The van der Waals surface area contributed by atoms with Crippen molar-refractivity contribution in [2.24, 2.45) is 0 Å². The maximum Gasteiger partial charge on any atom is 0.0496 e. The molecule has 0 aromatic heterocycles. The molecule has 1 atom stereocenters. The monoisotopic (exact) mass is 381 g/mol. The van der Waals surface area contributed by atoms with Gasteiger partial charge in [-0.2, -0.15) is 0 Å². The summed E-state index contributed by atoms with van der Waals surface area (Å²) in [5.74, 6) is 0. The molecule has 1 unspecified atom stereocenters. The van der Waals surface area contributed by atoms with E-state index in [2.05, 4.69) is 87.4 Å². The highest BCUT2D eigenvalue weighted by Gasteiger charge is 2.10. The highest BCUT2D eigenvalue weighted by molar-refractivity contribution is 9.10. The van der Waals surface area contributed by atoms with Crippen LogP contribution in [0.3, 0.4) is 0 Å². The highest BCUT2D eigenvalue weighted by atomic mass is 79.9. The molecule has 1 nitrogen and oxygen atoms in total. The Labute approximate surface area is 131 Å². The van der Waals surface area contributed by atoms with Crippen molar-refractivity contribution in [3.8, 4) is 0 Å². The second kappa shape index (κ2) is 6.58. The molecule has 2 aromatic carbocycles. The van der Waals surface area contributed by atoms with Gasteiger partial charge in [0.05, 0.1) is 0 Å². The van der Waals surface area contributed by atoms with Gasteiger partial charge in [0, 0.05) is 20.7 Å². The van der Waals surface area contributed by atoms with Crippen LogP contribution in [0.5, 0.6) is 0 Å². The van der Waals surface area contributed by atoms with Crippen LogP contribution in [0.1, 0.15) is 31.0 Å². The molecular formula is C16H17Br2N. The number of nitrogens with one attached hydrogen (secondary N) is 1. The minimum absolute atomic E-state index is 0.266. The fourth-order valence-corrected chi connectivity index (χ4v) is 3.17. The lowest BCUT2D eigenvalue weighted by Crippen LogP contribution is -2.08. The fraction of sp³-hybridized carbons (Fsp3) is 0.250. The summed E-state index contributed by atoms with van der Waals surface area (Å²) < 4.78 is 2.27. The molecule has 0 radical (unpaired) electrons. The molecule has 0 fully saturated rings. The van der Waals surface area contributed by atoms with Crippen molar-refractivity contribution in [2.45, 2.75) is 26.3 Å². The Morgan fingerprint density at radius 2 is 1.84 bits per heavy atom. The number of benzene rings is 2. The number of anilines is 1. The van der Waals surface area contributed by atoms with Crippen LogP contribution in [-0.2, 0) is 6.42 Å². The van der Waals surface area contributed by atoms with Gasteiger partial charge in [-0.05, 0) is 48.7 Å². The van der Waals surface area contributed by atoms with E-state index in [4.69, 9.17) is 0 Å². The van der Waals surface area contributed by atoms with E-state index in [1.165, 1.54) is 16.8 Å². The first-order valence-electron chi connectivity index (χ1n) is 6.41. The Kier molecular flexibility index (Phi) is 5.06. The van der Waals surface area contributed by atoms with Crippen LogP contribution in [-0.4, -0.2) is 0 Å². The standard InChI is InChI=1S/C16H17Br2N/c1-3-12-10-13(17)8-9-16(12)19-11(2)14-6-4-5-7-15(14)18/h4-11,19H,3H2,1-2H3. The lowest BCUT2D eigenvalue weighted by molar-refractivity contribution is 0.873. The van der Waals surface area contributed by atoms with Gasteiger partial charge in [0.2, 0.25) is 0 Å². The van der Waals surface area contributed by atoms with Crippen LogP contribution in [0.4, 0.5) is 5.69 Å². The molecule has 0 saturated carbocycles. The van der Waals surface area contributed by atoms with Crippen LogP contribution in [0.2, 0.25) is 0 Å². The summed E-state index contributed by atoms with van der Waals surface area (Å²) in [7, 11) is 0. The van der Waals surface area contributed by atoms with Crippen molar-refractivity contribution in [3.05, 3.63) is 62.5 Å². The van der Waals surface area contributed by atoms with Crippen molar-refractivity contribution in [2.75, 3.05) is 5.32 Å². The van der Waals surface area contributed by atoms with E-state index < -0.39 is 0 Å². The van der Waals surface area contributed by atoms with Crippen molar-refractivity contribution in [1.29, 1.82) is 0 Å². The minimum atomic E-state index is 0.266. The van der Waals surface area contributed by atoms with E-state index in [0.717, 1.165) is 15.4 Å². The zero-order chi connectivity index (χ0) is 13.8. The second-order valence-corrected chi connectivity index (χ2v) is 6.31. The van der Waals surface area contributed by atoms with E-state index in [1.807, 2.05) is 6.07 Å². The predicted molar refractivity (Wildman–Crippen MR) is 89.7 cm³/mol. The van der Waals surface area contributed by atoms with Crippen LogP contribution in [0.15, 0.2) is 51.4 Å².